The summed E-state index contributed by atoms with van der Waals surface area (Å²) in [6, 6.07) is 4.12. The summed E-state index contributed by atoms with van der Waals surface area (Å²) in [6.45, 7) is 0.571. The third-order valence-corrected chi connectivity index (χ3v) is 6.95. The van der Waals surface area contributed by atoms with Crippen molar-refractivity contribution in [2.75, 3.05) is 23.3 Å². The number of carbonyl (C=O) groups excluding carboxylic acids is 2. The maximum Gasteiger partial charge on any atom is 0.416 e. The molecule has 1 aliphatic heterocycles. The largest absolute Gasteiger partial charge is 0.416 e. The standard InChI is InChI=1S/C20H19F3N6O3S2/c21-20(22,23)11-1-3-12(4-2-11)29-6-10(7-29)17(31)28-19-27-14(9-33-19)16-13(5-25-18(24)32)26-15(8-30)34-16/h1-4,9-10,30H,5-8H2,(H3,24,25,32)(H,27,28,31). The van der Waals surface area contributed by atoms with Crippen LogP contribution in [0.15, 0.2) is 29.6 Å². The van der Waals surface area contributed by atoms with Gasteiger partial charge in [0.05, 0.1) is 40.9 Å². The second-order valence-electron chi connectivity index (χ2n) is 7.43. The monoisotopic (exact) mass is 512 g/mol. The Hall–Kier alpha value is -3.23. The minimum atomic E-state index is -4.39. The van der Waals surface area contributed by atoms with E-state index in [4.69, 9.17) is 5.73 Å². The molecular formula is C20H19F3N6O3S2. The number of hydrogen-bond acceptors (Lipinski definition) is 8. The molecule has 9 nitrogen and oxygen atoms in total. The second kappa shape index (κ2) is 9.56. The van der Waals surface area contributed by atoms with Crippen molar-refractivity contribution in [3.63, 3.8) is 0 Å². The van der Waals surface area contributed by atoms with Crippen LogP contribution < -0.4 is 21.3 Å². The van der Waals surface area contributed by atoms with Crippen LogP contribution in [0.4, 0.5) is 28.8 Å². The van der Waals surface area contributed by atoms with E-state index in [0.717, 1.165) is 12.1 Å². The van der Waals surface area contributed by atoms with Crippen LogP contribution in [0.3, 0.4) is 0 Å². The van der Waals surface area contributed by atoms with Crippen LogP contribution in [0.1, 0.15) is 16.3 Å². The number of nitrogens with zero attached hydrogens (tertiary/aromatic N) is 3. The summed E-state index contributed by atoms with van der Waals surface area (Å²) in [6.07, 6.45) is -4.39. The predicted octanol–water partition coefficient (Wildman–Crippen LogP) is 3.02. The number of hydrogen-bond donors (Lipinski definition) is 4. The van der Waals surface area contributed by atoms with Gasteiger partial charge in [-0.3, -0.25) is 4.79 Å². The highest BCUT2D eigenvalue weighted by Gasteiger charge is 2.34. The van der Waals surface area contributed by atoms with Gasteiger partial charge in [-0.1, -0.05) is 0 Å². The average Bonchev–Trinajstić information content (AvgIpc) is 3.37. The third-order valence-electron chi connectivity index (χ3n) is 5.09. The molecule has 0 spiro atoms. The summed E-state index contributed by atoms with van der Waals surface area (Å²) in [5, 5.41) is 17.2. The number of nitrogens with one attached hydrogen (secondary N) is 2. The highest BCUT2D eigenvalue weighted by molar-refractivity contribution is 7.17. The minimum Gasteiger partial charge on any atom is -0.389 e. The number of halogens is 3. The maximum atomic E-state index is 12.7. The molecule has 5 N–H and O–H groups in total. The van der Waals surface area contributed by atoms with Crippen molar-refractivity contribution in [2.24, 2.45) is 11.7 Å². The summed E-state index contributed by atoms with van der Waals surface area (Å²) in [5.74, 6) is -0.561. The molecule has 1 fully saturated rings. The van der Waals surface area contributed by atoms with Gasteiger partial charge in [0.15, 0.2) is 5.13 Å². The molecule has 0 bridgehead atoms. The van der Waals surface area contributed by atoms with E-state index < -0.39 is 17.8 Å². The van der Waals surface area contributed by atoms with Gasteiger partial charge in [0.1, 0.15) is 5.01 Å². The molecule has 1 saturated heterocycles. The van der Waals surface area contributed by atoms with E-state index in [9.17, 15) is 27.9 Å². The first-order valence-corrected chi connectivity index (χ1v) is 11.7. The van der Waals surface area contributed by atoms with Crippen LogP contribution in [0.25, 0.3) is 10.6 Å². The number of rotatable bonds is 7. The number of thiazole rings is 2. The summed E-state index contributed by atoms with van der Waals surface area (Å²) >= 11 is 2.44. The Balaban J connectivity index is 1.36. The van der Waals surface area contributed by atoms with Gasteiger partial charge in [0.2, 0.25) is 5.91 Å². The topological polar surface area (TPSA) is 133 Å². The molecular weight excluding hydrogens is 493 g/mol. The summed E-state index contributed by atoms with van der Waals surface area (Å²) in [4.78, 5) is 34.7. The molecule has 4 rings (SSSR count). The lowest BCUT2D eigenvalue weighted by Crippen LogP contribution is -2.52. The van der Waals surface area contributed by atoms with Crippen LogP contribution >= 0.6 is 22.7 Å². The fourth-order valence-corrected chi connectivity index (χ4v) is 5.00. The molecule has 1 aromatic carbocycles. The first kappa shape index (κ1) is 23.9. The van der Waals surface area contributed by atoms with Crippen LogP contribution in [0.2, 0.25) is 0 Å². The average molecular weight is 513 g/mol. The van der Waals surface area contributed by atoms with Crippen molar-refractivity contribution in [1.82, 2.24) is 15.3 Å². The quantitative estimate of drug-likeness (QED) is 0.385. The van der Waals surface area contributed by atoms with Gasteiger partial charge in [-0.05, 0) is 24.3 Å². The van der Waals surface area contributed by atoms with Gasteiger partial charge >= 0.3 is 12.2 Å². The van der Waals surface area contributed by atoms with Crippen LogP contribution in [0.5, 0.6) is 0 Å². The van der Waals surface area contributed by atoms with Crippen LogP contribution in [-0.4, -0.2) is 40.1 Å². The number of nitrogens with two attached hydrogens (primary N) is 1. The maximum absolute atomic E-state index is 12.7. The lowest BCUT2D eigenvalue weighted by Gasteiger charge is -2.40. The number of alkyl halides is 3. The van der Waals surface area contributed by atoms with Gasteiger partial charge in [0.25, 0.3) is 0 Å². The van der Waals surface area contributed by atoms with Crippen molar-refractivity contribution in [2.45, 2.75) is 19.3 Å². The summed E-state index contributed by atoms with van der Waals surface area (Å²) < 4.78 is 38.1. The van der Waals surface area contributed by atoms with Gasteiger partial charge in [-0.15, -0.1) is 22.7 Å². The molecule has 14 heteroatoms. The highest BCUT2D eigenvalue weighted by Crippen LogP contribution is 2.34. The zero-order valence-corrected chi connectivity index (χ0v) is 19.1. The van der Waals surface area contributed by atoms with Crippen LogP contribution in [-0.2, 0) is 24.1 Å². The molecule has 180 valence electrons. The molecule has 0 radical (unpaired) electrons. The molecule has 2 aromatic heterocycles. The fraction of sp³-hybridized carbons (Fsp3) is 0.300. The van der Waals surface area contributed by atoms with Crippen molar-refractivity contribution in [1.29, 1.82) is 0 Å². The molecule has 1 aliphatic rings. The fourth-order valence-electron chi connectivity index (χ4n) is 3.32. The lowest BCUT2D eigenvalue weighted by molar-refractivity contribution is -0.137. The summed E-state index contributed by atoms with van der Waals surface area (Å²) in [5.41, 5.74) is 6.06. The van der Waals surface area contributed by atoms with E-state index in [1.165, 1.54) is 34.8 Å². The zero-order chi connectivity index (χ0) is 24.5. The zero-order valence-electron chi connectivity index (χ0n) is 17.4. The molecule has 3 heterocycles. The van der Waals surface area contributed by atoms with Gasteiger partial charge in [0, 0.05) is 24.2 Å². The van der Waals surface area contributed by atoms with E-state index in [0.29, 0.717) is 45.2 Å². The van der Waals surface area contributed by atoms with Crippen molar-refractivity contribution in [3.8, 4) is 10.6 Å². The lowest BCUT2D eigenvalue weighted by atomic mass is 9.98. The number of aliphatic hydroxyl groups is 1. The number of amides is 3. The predicted molar refractivity (Wildman–Crippen MR) is 121 cm³/mol. The third kappa shape index (κ3) is 5.29. The van der Waals surface area contributed by atoms with Crippen molar-refractivity contribution in [3.05, 3.63) is 45.9 Å². The first-order chi connectivity index (χ1) is 16.1. The number of aromatic nitrogens is 2. The number of benzene rings is 1. The van der Waals surface area contributed by atoms with E-state index in [-0.39, 0.29) is 25.0 Å². The number of primary amides is 1. The molecule has 34 heavy (non-hydrogen) atoms. The van der Waals surface area contributed by atoms with Gasteiger partial charge in [-0.2, -0.15) is 13.2 Å². The van der Waals surface area contributed by atoms with E-state index >= 15 is 0 Å². The minimum absolute atomic E-state index is 0.0717. The van der Waals surface area contributed by atoms with Crippen molar-refractivity contribution < 1.29 is 27.9 Å². The van der Waals surface area contributed by atoms with Crippen LogP contribution in [0, 0.1) is 5.92 Å². The van der Waals surface area contributed by atoms with Gasteiger partial charge in [-0.25, -0.2) is 14.8 Å². The number of aliphatic hydroxyl groups excluding tert-OH is 1. The number of urea groups is 1. The molecule has 3 amide bonds. The Morgan fingerprint density at radius 1 is 1.21 bits per heavy atom. The van der Waals surface area contributed by atoms with E-state index in [2.05, 4.69) is 20.6 Å². The van der Waals surface area contributed by atoms with E-state index in [1.54, 1.807) is 5.38 Å². The van der Waals surface area contributed by atoms with Crippen molar-refractivity contribution >= 4 is 45.4 Å². The Morgan fingerprint density at radius 2 is 1.91 bits per heavy atom. The van der Waals surface area contributed by atoms with E-state index in [1.807, 2.05) is 4.90 Å². The Kier molecular flexibility index (Phi) is 6.72. The molecule has 0 atom stereocenters. The van der Waals surface area contributed by atoms with Gasteiger partial charge < -0.3 is 26.4 Å². The molecule has 0 saturated carbocycles. The SMILES string of the molecule is NC(=O)NCc1nc(CO)sc1-c1csc(NC(=O)C2CN(c3ccc(C(F)(F)F)cc3)C2)n1. The Labute approximate surface area is 199 Å². The number of carbonyl (C=O) groups is 2. The molecule has 3 aromatic rings. The Bertz CT molecular complexity index is 1190. The Morgan fingerprint density at radius 3 is 2.53 bits per heavy atom. The highest BCUT2D eigenvalue weighted by atomic mass is 32.1. The smallest absolute Gasteiger partial charge is 0.389 e. The second-order valence-corrected chi connectivity index (χ2v) is 9.37. The molecule has 0 aliphatic carbocycles. The molecule has 0 unspecified atom stereocenters. The number of anilines is 2. The first-order valence-electron chi connectivity index (χ1n) is 9.95. The normalized spacial score (nSPS) is 14.1. The summed E-state index contributed by atoms with van der Waals surface area (Å²) in [7, 11) is 0.